The smallest absolute Gasteiger partial charge is 0.387 e. The molecule has 1 fully saturated rings. The van der Waals surface area contributed by atoms with Gasteiger partial charge in [0.2, 0.25) is 0 Å². The van der Waals surface area contributed by atoms with Crippen LogP contribution in [0, 0.1) is 0 Å². The Kier molecular flexibility index (Phi) is 5.73. The van der Waals surface area contributed by atoms with Crippen molar-refractivity contribution in [2.75, 3.05) is 6.61 Å². The lowest BCUT2D eigenvalue weighted by Gasteiger charge is -2.29. The number of hydrogen-bond donors (Lipinski definition) is 1. The van der Waals surface area contributed by atoms with Crippen molar-refractivity contribution in [3.63, 3.8) is 0 Å². The summed E-state index contributed by atoms with van der Waals surface area (Å²) in [6, 6.07) is 7.22. The van der Waals surface area contributed by atoms with Crippen molar-refractivity contribution < 1.29 is 18.3 Å². The van der Waals surface area contributed by atoms with Gasteiger partial charge in [-0.3, -0.25) is 0 Å². The van der Waals surface area contributed by atoms with Gasteiger partial charge < -0.3 is 14.8 Å². The van der Waals surface area contributed by atoms with Crippen LogP contribution in [0.1, 0.15) is 31.7 Å². The SMILES string of the molecule is CCC1CC(NCc2ccc(OC(F)F)cc2)CCO1. The molecule has 2 atom stereocenters. The predicted octanol–water partition coefficient (Wildman–Crippen LogP) is 3.34. The highest BCUT2D eigenvalue weighted by Gasteiger charge is 2.20. The van der Waals surface area contributed by atoms with Crippen molar-refractivity contribution in [3.05, 3.63) is 29.8 Å². The molecule has 0 amide bonds. The maximum Gasteiger partial charge on any atom is 0.387 e. The van der Waals surface area contributed by atoms with Gasteiger partial charge in [-0.1, -0.05) is 19.1 Å². The zero-order chi connectivity index (χ0) is 14.4. The number of ether oxygens (including phenoxy) is 2. The average molecular weight is 285 g/mol. The first-order chi connectivity index (χ1) is 9.67. The van der Waals surface area contributed by atoms with Crippen LogP contribution in [0.15, 0.2) is 24.3 Å². The molecule has 0 spiro atoms. The van der Waals surface area contributed by atoms with Gasteiger partial charge in [0.1, 0.15) is 5.75 Å². The number of nitrogens with one attached hydrogen (secondary N) is 1. The summed E-state index contributed by atoms with van der Waals surface area (Å²) in [6.07, 6.45) is 3.44. The predicted molar refractivity (Wildman–Crippen MR) is 73.0 cm³/mol. The van der Waals surface area contributed by atoms with E-state index in [0.717, 1.165) is 38.0 Å². The van der Waals surface area contributed by atoms with Crippen molar-refractivity contribution >= 4 is 0 Å². The van der Waals surface area contributed by atoms with E-state index in [-0.39, 0.29) is 5.75 Å². The summed E-state index contributed by atoms with van der Waals surface area (Å²) in [5.74, 6) is 0.195. The molecule has 2 rings (SSSR count). The van der Waals surface area contributed by atoms with Crippen molar-refractivity contribution in [2.24, 2.45) is 0 Å². The van der Waals surface area contributed by atoms with Crippen LogP contribution in [0.2, 0.25) is 0 Å². The zero-order valence-electron chi connectivity index (χ0n) is 11.6. The highest BCUT2D eigenvalue weighted by molar-refractivity contribution is 5.27. The Morgan fingerprint density at radius 3 is 2.75 bits per heavy atom. The number of hydrogen-bond acceptors (Lipinski definition) is 3. The van der Waals surface area contributed by atoms with E-state index in [9.17, 15) is 8.78 Å². The first-order valence-corrected chi connectivity index (χ1v) is 7.06. The Morgan fingerprint density at radius 1 is 1.35 bits per heavy atom. The van der Waals surface area contributed by atoms with Gasteiger partial charge in [0.05, 0.1) is 6.10 Å². The van der Waals surface area contributed by atoms with Gasteiger partial charge in [0.25, 0.3) is 0 Å². The van der Waals surface area contributed by atoms with Crippen molar-refractivity contribution in [2.45, 2.75) is 51.5 Å². The van der Waals surface area contributed by atoms with E-state index >= 15 is 0 Å². The Bertz CT molecular complexity index is 397. The second-order valence-corrected chi connectivity index (χ2v) is 5.03. The molecule has 0 aromatic heterocycles. The van der Waals surface area contributed by atoms with Crippen molar-refractivity contribution in [1.29, 1.82) is 0 Å². The topological polar surface area (TPSA) is 30.5 Å². The maximum atomic E-state index is 12.0. The molecule has 0 bridgehead atoms. The summed E-state index contributed by atoms with van der Waals surface area (Å²) in [6.45, 7) is 0.898. The normalized spacial score (nSPS) is 23.0. The van der Waals surface area contributed by atoms with Gasteiger partial charge in [-0.2, -0.15) is 8.78 Å². The second kappa shape index (κ2) is 7.55. The third kappa shape index (κ3) is 4.72. The van der Waals surface area contributed by atoms with Crippen LogP contribution in [0.3, 0.4) is 0 Å². The highest BCUT2D eigenvalue weighted by atomic mass is 19.3. The van der Waals surface area contributed by atoms with E-state index in [4.69, 9.17) is 4.74 Å². The molecular weight excluding hydrogens is 264 g/mol. The number of halogens is 2. The second-order valence-electron chi connectivity index (χ2n) is 5.03. The Morgan fingerprint density at radius 2 is 2.10 bits per heavy atom. The van der Waals surface area contributed by atoms with E-state index in [1.165, 1.54) is 0 Å². The Balaban J connectivity index is 1.78. The van der Waals surface area contributed by atoms with Crippen LogP contribution in [-0.4, -0.2) is 25.4 Å². The maximum absolute atomic E-state index is 12.0. The molecule has 2 unspecified atom stereocenters. The standard InChI is InChI=1S/C15H21F2NO2/c1-2-13-9-12(7-8-19-13)18-10-11-3-5-14(6-4-11)20-15(16)17/h3-6,12-13,15,18H,2,7-10H2,1H3. The number of alkyl halides is 2. The molecule has 1 N–H and O–H groups in total. The molecule has 5 heteroatoms. The minimum Gasteiger partial charge on any atom is -0.435 e. The van der Waals surface area contributed by atoms with Gasteiger partial charge in [-0.15, -0.1) is 0 Å². The van der Waals surface area contributed by atoms with Crippen molar-refractivity contribution in [1.82, 2.24) is 5.32 Å². The molecule has 0 saturated carbocycles. The number of rotatable bonds is 6. The summed E-state index contributed by atoms with van der Waals surface area (Å²) in [5, 5.41) is 3.49. The van der Waals surface area contributed by atoms with Crippen LogP contribution < -0.4 is 10.1 Å². The molecule has 1 aliphatic rings. The van der Waals surface area contributed by atoms with E-state index < -0.39 is 6.61 Å². The van der Waals surface area contributed by atoms with Crippen LogP contribution in [0.4, 0.5) is 8.78 Å². The van der Waals surface area contributed by atoms with Crippen molar-refractivity contribution in [3.8, 4) is 5.75 Å². The zero-order valence-corrected chi connectivity index (χ0v) is 11.6. The summed E-state index contributed by atoms with van der Waals surface area (Å²) < 4.78 is 34.0. The Hall–Kier alpha value is -1.20. The molecule has 1 aliphatic heterocycles. The molecule has 1 saturated heterocycles. The van der Waals surface area contributed by atoms with Gasteiger partial charge in [-0.25, -0.2) is 0 Å². The average Bonchev–Trinajstić information content (AvgIpc) is 2.46. The molecule has 20 heavy (non-hydrogen) atoms. The quantitative estimate of drug-likeness (QED) is 0.869. The first-order valence-electron chi connectivity index (χ1n) is 7.06. The van der Waals surface area contributed by atoms with Crippen LogP contribution in [-0.2, 0) is 11.3 Å². The van der Waals surface area contributed by atoms with Crippen LogP contribution in [0.25, 0.3) is 0 Å². The molecular formula is C15H21F2NO2. The third-order valence-corrected chi connectivity index (χ3v) is 3.57. The minimum atomic E-state index is -2.77. The van der Waals surface area contributed by atoms with Crippen LogP contribution in [0.5, 0.6) is 5.75 Å². The van der Waals surface area contributed by atoms with Crippen LogP contribution >= 0.6 is 0 Å². The molecule has 1 aromatic carbocycles. The highest BCUT2D eigenvalue weighted by Crippen LogP contribution is 2.18. The Labute approximate surface area is 118 Å². The fourth-order valence-electron chi connectivity index (χ4n) is 2.40. The van der Waals surface area contributed by atoms with Gasteiger partial charge in [0, 0.05) is 19.2 Å². The summed E-state index contributed by atoms with van der Waals surface area (Å²) in [4.78, 5) is 0. The van der Waals surface area contributed by atoms with E-state index in [2.05, 4.69) is 17.0 Å². The van der Waals surface area contributed by atoms with Gasteiger partial charge >= 0.3 is 6.61 Å². The molecule has 1 heterocycles. The summed E-state index contributed by atoms with van der Waals surface area (Å²) >= 11 is 0. The van der Waals surface area contributed by atoms with Gasteiger partial charge in [-0.05, 0) is 37.0 Å². The van der Waals surface area contributed by atoms with Gasteiger partial charge in [0.15, 0.2) is 0 Å². The largest absolute Gasteiger partial charge is 0.435 e. The van der Waals surface area contributed by atoms with E-state index in [0.29, 0.717) is 12.1 Å². The molecule has 3 nitrogen and oxygen atoms in total. The van der Waals surface area contributed by atoms with E-state index in [1.54, 1.807) is 24.3 Å². The van der Waals surface area contributed by atoms with E-state index in [1.807, 2.05) is 0 Å². The molecule has 0 radical (unpaired) electrons. The lowest BCUT2D eigenvalue weighted by molar-refractivity contribution is -0.0498. The number of benzene rings is 1. The molecule has 112 valence electrons. The lowest BCUT2D eigenvalue weighted by atomic mass is 10.0. The minimum absolute atomic E-state index is 0.195. The summed E-state index contributed by atoms with van der Waals surface area (Å²) in [5.41, 5.74) is 1.06. The monoisotopic (exact) mass is 285 g/mol. The fourth-order valence-corrected chi connectivity index (χ4v) is 2.40. The molecule has 1 aromatic rings. The lowest BCUT2D eigenvalue weighted by Crippen LogP contribution is -2.38. The fraction of sp³-hybridized carbons (Fsp3) is 0.600. The third-order valence-electron chi connectivity index (χ3n) is 3.57. The first kappa shape index (κ1) is 15.2. The molecule has 0 aliphatic carbocycles. The summed E-state index contributed by atoms with van der Waals surface area (Å²) in [7, 11) is 0.